The molecule has 0 radical (unpaired) electrons. The molecule has 0 aromatic heterocycles. The quantitative estimate of drug-likeness (QED) is 0.311. The Labute approximate surface area is 199 Å². The molecule has 1 amide bonds. The summed E-state index contributed by atoms with van der Waals surface area (Å²) in [5, 5.41) is 6.69. The lowest BCUT2D eigenvalue weighted by Crippen LogP contribution is -2.54. The van der Waals surface area contributed by atoms with Gasteiger partial charge in [-0.1, -0.05) is 28.1 Å². The first-order chi connectivity index (χ1) is 13.6. The summed E-state index contributed by atoms with van der Waals surface area (Å²) in [5.41, 5.74) is 1.64. The van der Waals surface area contributed by atoms with Crippen LogP contribution in [0.5, 0.6) is 0 Å². The highest BCUT2D eigenvalue weighted by atomic mass is 127. The number of aliphatic imine (C=N–C) groups is 1. The van der Waals surface area contributed by atoms with E-state index in [0.29, 0.717) is 12.6 Å². The molecule has 4 rings (SSSR count). The van der Waals surface area contributed by atoms with E-state index < -0.39 is 0 Å². The van der Waals surface area contributed by atoms with Gasteiger partial charge < -0.3 is 15.5 Å². The molecule has 2 N–H and O–H groups in total. The SMILES string of the molecule is CN=C(NCC1(c2cccc(Br)c2)CC1)N1CCN(CC(=O)NC2CC2)CC1.I. The maximum atomic E-state index is 12.0. The van der Waals surface area contributed by atoms with Crippen LogP contribution >= 0.6 is 39.9 Å². The highest BCUT2D eigenvalue weighted by molar-refractivity contribution is 14.0. The standard InChI is InChI=1S/C21H30BrN5O.HI/c1-23-20(24-15-21(7-8-21)16-3-2-4-17(22)13-16)27-11-9-26(10-12-27)14-19(28)25-18-5-6-18;/h2-4,13,18H,5-12,14-15H2,1H3,(H,23,24)(H,25,28);1H. The predicted molar refractivity (Wildman–Crippen MR) is 131 cm³/mol. The van der Waals surface area contributed by atoms with Crippen molar-refractivity contribution in [3.63, 3.8) is 0 Å². The topological polar surface area (TPSA) is 60.0 Å². The zero-order chi connectivity index (χ0) is 19.6. The fourth-order valence-corrected chi connectivity index (χ4v) is 4.34. The van der Waals surface area contributed by atoms with Gasteiger partial charge in [-0.25, -0.2) is 0 Å². The van der Waals surface area contributed by atoms with Gasteiger partial charge in [-0.15, -0.1) is 24.0 Å². The van der Waals surface area contributed by atoms with Crippen LogP contribution in [0.15, 0.2) is 33.7 Å². The number of benzene rings is 1. The number of hydrogen-bond donors (Lipinski definition) is 2. The van der Waals surface area contributed by atoms with Crippen LogP contribution in [0.2, 0.25) is 0 Å². The average molecular weight is 576 g/mol. The van der Waals surface area contributed by atoms with E-state index in [1.54, 1.807) is 0 Å². The molecular formula is C21H31BrIN5O. The largest absolute Gasteiger partial charge is 0.355 e. The molecule has 2 aliphatic carbocycles. The third kappa shape index (κ3) is 6.07. The number of rotatable bonds is 6. The van der Waals surface area contributed by atoms with Crippen molar-refractivity contribution in [3.8, 4) is 0 Å². The molecule has 1 heterocycles. The fraction of sp³-hybridized carbons (Fsp3) is 0.619. The van der Waals surface area contributed by atoms with Gasteiger partial charge >= 0.3 is 0 Å². The van der Waals surface area contributed by atoms with E-state index in [2.05, 4.69) is 65.6 Å². The molecule has 1 aromatic carbocycles. The van der Waals surface area contributed by atoms with E-state index in [0.717, 1.165) is 56.0 Å². The third-order valence-corrected chi connectivity index (χ3v) is 6.56. The molecule has 1 saturated heterocycles. The van der Waals surface area contributed by atoms with Crippen molar-refractivity contribution in [2.45, 2.75) is 37.1 Å². The molecule has 0 atom stereocenters. The number of nitrogens with one attached hydrogen (secondary N) is 2. The second kappa shape index (κ2) is 9.96. The van der Waals surface area contributed by atoms with Gasteiger partial charge in [0, 0.05) is 55.7 Å². The second-order valence-electron chi connectivity index (χ2n) is 8.30. The second-order valence-corrected chi connectivity index (χ2v) is 9.21. The van der Waals surface area contributed by atoms with Crippen molar-refractivity contribution in [1.82, 2.24) is 20.4 Å². The zero-order valence-corrected chi connectivity index (χ0v) is 20.9. The van der Waals surface area contributed by atoms with E-state index in [9.17, 15) is 4.79 Å². The van der Waals surface area contributed by atoms with Crippen molar-refractivity contribution in [2.75, 3.05) is 46.3 Å². The molecule has 2 saturated carbocycles. The summed E-state index contributed by atoms with van der Waals surface area (Å²) < 4.78 is 1.14. The summed E-state index contributed by atoms with van der Waals surface area (Å²) in [5.74, 6) is 1.14. The normalized spacial score (nSPS) is 21.3. The number of hydrogen-bond acceptors (Lipinski definition) is 3. The molecular weight excluding hydrogens is 545 g/mol. The number of halogens is 2. The molecule has 1 aliphatic heterocycles. The fourth-order valence-electron chi connectivity index (χ4n) is 3.94. The maximum Gasteiger partial charge on any atom is 0.234 e. The molecule has 0 unspecified atom stereocenters. The van der Waals surface area contributed by atoms with Crippen LogP contribution in [0.25, 0.3) is 0 Å². The maximum absolute atomic E-state index is 12.0. The van der Waals surface area contributed by atoms with Gasteiger partial charge in [-0.05, 0) is 43.4 Å². The van der Waals surface area contributed by atoms with Crippen molar-refractivity contribution in [1.29, 1.82) is 0 Å². The van der Waals surface area contributed by atoms with Crippen molar-refractivity contribution >= 4 is 51.8 Å². The first-order valence-electron chi connectivity index (χ1n) is 10.3. The Bertz CT molecular complexity index is 742. The molecule has 29 heavy (non-hydrogen) atoms. The van der Waals surface area contributed by atoms with Gasteiger partial charge in [-0.3, -0.25) is 14.7 Å². The van der Waals surface area contributed by atoms with E-state index in [-0.39, 0.29) is 35.3 Å². The lowest BCUT2D eigenvalue weighted by molar-refractivity contribution is -0.122. The monoisotopic (exact) mass is 575 g/mol. The summed E-state index contributed by atoms with van der Waals surface area (Å²) >= 11 is 3.59. The van der Waals surface area contributed by atoms with Crippen LogP contribution in [0, 0.1) is 0 Å². The van der Waals surface area contributed by atoms with Gasteiger partial charge in [-0.2, -0.15) is 0 Å². The Hall–Kier alpha value is -0.870. The lowest BCUT2D eigenvalue weighted by Gasteiger charge is -2.36. The summed E-state index contributed by atoms with van der Waals surface area (Å²) in [7, 11) is 1.86. The van der Waals surface area contributed by atoms with Gasteiger partial charge in [0.2, 0.25) is 5.91 Å². The van der Waals surface area contributed by atoms with Crippen molar-refractivity contribution in [2.24, 2.45) is 4.99 Å². The number of piperazine rings is 1. The van der Waals surface area contributed by atoms with E-state index in [1.165, 1.54) is 18.4 Å². The predicted octanol–water partition coefficient (Wildman–Crippen LogP) is 2.57. The molecule has 3 aliphatic rings. The molecule has 6 nitrogen and oxygen atoms in total. The van der Waals surface area contributed by atoms with Crippen LogP contribution < -0.4 is 10.6 Å². The highest BCUT2D eigenvalue weighted by Gasteiger charge is 2.44. The zero-order valence-electron chi connectivity index (χ0n) is 17.0. The van der Waals surface area contributed by atoms with Gasteiger partial charge in [0.15, 0.2) is 5.96 Å². The first kappa shape index (κ1) is 22.8. The molecule has 0 spiro atoms. The van der Waals surface area contributed by atoms with Crippen molar-refractivity contribution < 1.29 is 4.79 Å². The summed E-state index contributed by atoms with van der Waals surface area (Å²) in [6, 6.07) is 9.11. The van der Waals surface area contributed by atoms with E-state index >= 15 is 0 Å². The minimum atomic E-state index is 0. The van der Waals surface area contributed by atoms with E-state index in [4.69, 9.17) is 0 Å². The molecule has 3 fully saturated rings. The van der Waals surface area contributed by atoms with Crippen LogP contribution in [0.4, 0.5) is 0 Å². The Balaban J connectivity index is 0.00000240. The Morgan fingerprint density at radius 3 is 2.55 bits per heavy atom. The smallest absolute Gasteiger partial charge is 0.234 e. The average Bonchev–Trinajstić information content (AvgIpc) is 3.60. The molecule has 8 heteroatoms. The summed E-state index contributed by atoms with van der Waals surface area (Å²) in [6.45, 7) is 5.04. The van der Waals surface area contributed by atoms with Crippen LogP contribution in [0.1, 0.15) is 31.2 Å². The lowest BCUT2D eigenvalue weighted by atomic mass is 9.96. The van der Waals surface area contributed by atoms with Crippen LogP contribution in [-0.4, -0.2) is 74.0 Å². The molecule has 0 bridgehead atoms. The number of nitrogens with zero attached hydrogens (tertiary/aromatic N) is 3. The van der Waals surface area contributed by atoms with Gasteiger partial charge in [0.25, 0.3) is 0 Å². The van der Waals surface area contributed by atoms with E-state index in [1.807, 2.05) is 7.05 Å². The highest BCUT2D eigenvalue weighted by Crippen LogP contribution is 2.48. The minimum absolute atomic E-state index is 0. The number of guanidine groups is 1. The van der Waals surface area contributed by atoms with Crippen LogP contribution in [-0.2, 0) is 10.2 Å². The Morgan fingerprint density at radius 1 is 1.24 bits per heavy atom. The molecule has 160 valence electrons. The number of carbonyl (C=O) groups excluding carboxylic acids is 1. The van der Waals surface area contributed by atoms with Gasteiger partial charge in [0.05, 0.1) is 6.54 Å². The minimum Gasteiger partial charge on any atom is -0.355 e. The Morgan fingerprint density at radius 2 is 1.97 bits per heavy atom. The summed E-state index contributed by atoms with van der Waals surface area (Å²) in [4.78, 5) is 21.1. The molecule has 1 aromatic rings. The van der Waals surface area contributed by atoms with Crippen molar-refractivity contribution in [3.05, 3.63) is 34.3 Å². The number of amides is 1. The van der Waals surface area contributed by atoms with Gasteiger partial charge in [0.1, 0.15) is 0 Å². The van der Waals surface area contributed by atoms with Crippen LogP contribution in [0.3, 0.4) is 0 Å². The Kier molecular flexibility index (Phi) is 7.83. The number of carbonyl (C=O) groups is 1. The third-order valence-electron chi connectivity index (χ3n) is 6.07. The summed E-state index contributed by atoms with van der Waals surface area (Å²) in [6.07, 6.45) is 4.72. The first-order valence-corrected chi connectivity index (χ1v) is 11.1.